The van der Waals surface area contributed by atoms with Crippen molar-refractivity contribution >= 4 is 40.5 Å². The van der Waals surface area contributed by atoms with Gasteiger partial charge in [-0.25, -0.2) is 0 Å². The Labute approximate surface area is 150 Å². The zero-order valence-electron chi connectivity index (χ0n) is 12.9. The predicted molar refractivity (Wildman–Crippen MR) is 98.2 cm³/mol. The first-order valence-corrected chi connectivity index (χ1v) is 8.01. The molecule has 24 heavy (non-hydrogen) atoms. The Bertz CT molecular complexity index is 808. The first-order chi connectivity index (χ1) is 11.5. The summed E-state index contributed by atoms with van der Waals surface area (Å²) in [6.07, 6.45) is 2.31. The Balaban J connectivity index is 2.08. The van der Waals surface area contributed by atoms with E-state index in [2.05, 4.69) is 17.6 Å². The number of benzene rings is 2. The number of nitriles is 1. The fourth-order valence-corrected chi connectivity index (χ4v) is 2.38. The number of halogens is 2. The third-order valence-corrected chi connectivity index (χ3v) is 3.84. The molecule has 0 atom stereocenters. The summed E-state index contributed by atoms with van der Waals surface area (Å²) in [4.78, 5) is 12.2. The molecule has 2 aromatic rings. The number of anilines is 2. The second kappa shape index (κ2) is 8.39. The molecule has 0 radical (unpaired) electrons. The van der Waals surface area contributed by atoms with Crippen LogP contribution in [0.5, 0.6) is 0 Å². The number of hydrogen-bond acceptors (Lipinski definition) is 3. The van der Waals surface area contributed by atoms with Crippen molar-refractivity contribution in [2.45, 2.75) is 13.3 Å². The smallest absolute Gasteiger partial charge is 0.267 e. The molecule has 0 saturated heterocycles. The Morgan fingerprint density at radius 3 is 2.50 bits per heavy atom. The highest BCUT2D eigenvalue weighted by Crippen LogP contribution is 2.25. The molecule has 0 aliphatic carbocycles. The van der Waals surface area contributed by atoms with Gasteiger partial charge in [-0.1, -0.05) is 42.3 Å². The number of carbonyl (C=O) groups is 1. The summed E-state index contributed by atoms with van der Waals surface area (Å²) < 4.78 is 0. The van der Waals surface area contributed by atoms with Crippen LogP contribution in [0.3, 0.4) is 0 Å². The molecule has 0 aliphatic heterocycles. The Morgan fingerprint density at radius 1 is 1.21 bits per heavy atom. The van der Waals surface area contributed by atoms with E-state index in [-0.39, 0.29) is 5.57 Å². The van der Waals surface area contributed by atoms with Gasteiger partial charge in [-0.2, -0.15) is 5.26 Å². The third-order valence-electron chi connectivity index (χ3n) is 3.29. The van der Waals surface area contributed by atoms with Crippen LogP contribution < -0.4 is 10.6 Å². The minimum absolute atomic E-state index is 0.0689. The normalized spacial score (nSPS) is 10.8. The van der Waals surface area contributed by atoms with E-state index in [1.807, 2.05) is 30.3 Å². The highest BCUT2D eigenvalue weighted by molar-refractivity contribution is 6.36. The average molecular weight is 360 g/mol. The molecular weight excluding hydrogens is 345 g/mol. The zero-order chi connectivity index (χ0) is 17.5. The van der Waals surface area contributed by atoms with Crippen LogP contribution in [0.4, 0.5) is 11.4 Å². The van der Waals surface area contributed by atoms with Crippen LogP contribution in [0, 0.1) is 11.3 Å². The number of hydrogen-bond donors (Lipinski definition) is 2. The molecule has 1 amide bonds. The quantitative estimate of drug-likeness (QED) is 0.582. The lowest BCUT2D eigenvalue weighted by Crippen LogP contribution is -2.14. The third kappa shape index (κ3) is 4.76. The summed E-state index contributed by atoms with van der Waals surface area (Å²) in [7, 11) is 0. The van der Waals surface area contributed by atoms with Crippen LogP contribution in [0.15, 0.2) is 54.2 Å². The van der Waals surface area contributed by atoms with E-state index >= 15 is 0 Å². The average Bonchev–Trinajstić information content (AvgIpc) is 2.58. The fraction of sp³-hybridized carbons (Fsp3) is 0.111. The standard InChI is InChI=1S/C18H15Cl2N3O/c1-2-12-3-6-15(7-4-12)22-11-13(10-21)18(24)23-17-8-5-14(19)9-16(17)20/h3-9,11,22H,2H2,1H3,(H,23,24)/b13-11-. The molecule has 2 aromatic carbocycles. The van der Waals surface area contributed by atoms with Gasteiger partial charge >= 0.3 is 0 Å². The summed E-state index contributed by atoms with van der Waals surface area (Å²) in [6.45, 7) is 2.07. The van der Waals surface area contributed by atoms with E-state index in [1.54, 1.807) is 12.1 Å². The SMILES string of the molecule is CCc1ccc(N/C=C(/C#N)C(=O)Nc2ccc(Cl)cc2Cl)cc1. The minimum atomic E-state index is -0.556. The molecule has 0 aliphatic rings. The number of rotatable bonds is 5. The maximum atomic E-state index is 12.2. The molecule has 2 rings (SSSR count). The maximum absolute atomic E-state index is 12.2. The molecule has 0 unspecified atom stereocenters. The van der Waals surface area contributed by atoms with Gasteiger partial charge in [0.25, 0.3) is 5.91 Å². The highest BCUT2D eigenvalue weighted by Gasteiger charge is 2.11. The second-order valence-electron chi connectivity index (χ2n) is 4.94. The van der Waals surface area contributed by atoms with Crippen molar-refractivity contribution < 1.29 is 4.79 Å². The molecule has 6 heteroatoms. The summed E-state index contributed by atoms with van der Waals surface area (Å²) in [5, 5.41) is 15.5. The van der Waals surface area contributed by atoms with Gasteiger partial charge in [-0.05, 0) is 42.3 Å². The molecule has 0 heterocycles. The Morgan fingerprint density at radius 2 is 1.92 bits per heavy atom. The van der Waals surface area contributed by atoms with Crippen molar-refractivity contribution in [1.29, 1.82) is 5.26 Å². The summed E-state index contributed by atoms with van der Waals surface area (Å²) in [5.74, 6) is -0.556. The van der Waals surface area contributed by atoms with E-state index in [4.69, 9.17) is 23.2 Å². The zero-order valence-corrected chi connectivity index (χ0v) is 14.4. The van der Waals surface area contributed by atoms with E-state index in [0.29, 0.717) is 15.7 Å². The van der Waals surface area contributed by atoms with Gasteiger partial charge in [0.15, 0.2) is 0 Å². The molecular formula is C18H15Cl2N3O. The van der Waals surface area contributed by atoms with Crippen LogP contribution >= 0.6 is 23.2 Å². The van der Waals surface area contributed by atoms with Crippen molar-refractivity contribution in [3.8, 4) is 6.07 Å². The van der Waals surface area contributed by atoms with E-state index in [0.717, 1.165) is 12.1 Å². The fourth-order valence-electron chi connectivity index (χ4n) is 1.92. The van der Waals surface area contributed by atoms with Gasteiger partial charge in [-0.15, -0.1) is 0 Å². The van der Waals surface area contributed by atoms with Gasteiger partial charge < -0.3 is 10.6 Å². The summed E-state index contributed by atoms with van der Waals surface area (Å²) >= 11 is 11.8. The van der Waals surface area contributed by atoms with Gasteiger partial charge in [0, 0.05) is 16.9 Å². The number of amides is 1. The highest BCUT2D eigenvalue weighted by atomic mass is 35.5. The number of aryl methyl sites for hydroxylation is 1. The molecule has 4 nitrogen and oxygen atoms in total. The monoisotopic (exact) mass is 359 g/mol. The summed E-state index contributed by atoms with van der Waals surface area (Å²) in [6, 6.07) is 14.3. The number of carbonyl (C=O) groups excluding carboxylic acids is 1. The molecule has 0 fully saturated rings. The van der Waals surface area contributed by atoms with Crippen LogP contribution in [0.2, 0.25) is 10.0 Å². The molecule has 2 N–H and O–H groups in total. The van der Waals surface area contributed by atoms with Crippen LogP contribution in [0.25, 0.3) is 0 Å². The lowest BCUT2D eigenvalue weighted by molar-refractivity contribution is -0.112. The first-order valence-electron chi connectivity index (χ1n) is 7.25. The van der Waals surface area contributed by atoms with Gasteiger partial charge in [0.05, 0.1) is 10.7 Å². The van der Waals surface area contributed by atoms with E-state index < -0.39 is 5.91 Å². The van der Waals surface area contributed by atoms with E-state index in [1.165, 1.54) is 17.8 Å². The Hall–Kier alpha value is -2.48. The lowest BCUT2D eigenvalue weighted by Gasteiger charge is -2.07. The van der Waals surface area contributed by atoms with Crippen LogP contribution in [0.1, 0.15) is 12.5 Å². The summed E-state index contributed by atoms with van der Waals surface area (Å²) in [5.41, 5.74) is 2.32. The van der Waals surface area contributed by atoms with Crippen LogP contribution in [-0.2, 0) is 11.2 Å². The van der Waals surface area contributed by atoms with E-state index in [9.17, 15) is 10.1 Å². The van der Waals surface area contributed by atoms with Crippen LogP contribution in [-0.4, -0.2) is 5.91 Å². The topological polar surface area (TPSA) is 64.9 Å². The second-order valence-corrected chi connectivity index (χ2v) is 5.79. The van der Waals surface area contributed by atoms with Crippen molar-refractivity contribution in [3.05, 3.63) is 69.8 Å². The Kier molecular flexibility index (Phi) is 6.25. The number of nitrogens with zero attached hydrogens (tertiary/aromatic N) is 1. The molecule has 122 valence electrons. The molecule has 0 aromatic heterocycles. The largest absolute Gasteiger partial charge is 0.360 e. The van der Waals surface area contributed by atoms with Gasteiger partial charge in [-0.3, -0.25) is 4.79 Å². The number of nitrogens with one attached hydrogen (secondary N) is 2. The molecule has 0 bridgehead atoms. The first kappa shape index (κ1) is 17.9. The lowest BCUT2D eigenvalue weighted by atomic mass is 10.1. The van der Waals surface area contributed by atoms with Crippen molar-refractivity contribution in [3.63, 3.8) is 0 Å². The van der Waals surface area contributed by atoms with Crippen molar-refractivity contribution in [1.82, 2.24) is 0 Å². The maximum Gasteiger partial charge on any atom is 0.267 e. The minimum Gasteiger partial charge on any atom is -0.360 e. The van der Waals surface area contributed by atoms with Gasteiger partial charge in [0.2, 0.25) is 0 Å². The van der Waals surface area contributed by atoms with Gasteiger partial charge in [0.1, 0.15) is 11.6 Å². The van der Waals surface area contributed by atoms with Crippen molar-refractivity contribution in [2.24, 2.45) is 0 Å². The van der Waals surface area contributed by atoms with Crippen molar-refractivity contribution in [2.75, 3.05) is 10.6 Å². The molecule has 0 saturated carbocycles. The molecule has 0 spiro atoms. The predicted octanol–water partition coefficient (Wildman–Crippen LogP) is 5.01.